The molecule has 1 amide bonds. The van der Waals surface area contributed by atoms with E-state index >= 15 is 0 Å². The van der Waals surface area contributed by atoms with Gasteiger partial charge in [-0.15, -0.1) is 0 Å². The maximum Gasteiger partial charge on any atom is 0.341 e. The van der Waals surface area contributed by atoms with Gasteiger partial charge in [0.05, 0.1) is 18.6 Å². The zero-order valence-corrected chi connectivity index (χ0v) is 12.4. The Morgan fingerprint density at radius 1 is 1.33 bits per heavy atom. The first kappa shape index (κ1) is 16.9. The zero-order valence-electron chi connectivity index (χ0n) is 11.5. The van der Waals surface area contributed by atoms with Crippen molar-refractivity contribution in [1.82, 2.24) is 10.0 Å². The quantitative estimate of drug-likeness (QED) is 0.614. The number of esters is 1. The van der Waals surface area contributed by atoms with E-state index < -0.39 is 34.2 Å². The molecule has 9 heteroatoms. The zero-order chi connectivity index (χ0) is 16.0. The van der Waals surface area contributed by atoms with Gasteiger partial charge < -0.3 is 15.2 Å². The Morgan fingerprint density at radius 3 is 2.57 bits per heavy atom. The molecular weight excluding hydrogens is 300 g/mol. The first-order valence-electron chi connectivity index (χ1n) is 5.99. The molecule has 0 atom stereocenters. The highest BCUT2D eigenvalue weighted by molar-refractivity contribution is 7.89. The molecule has 1 rings (SSSR count). The summed E-state index contributed by atoms with van der Waals surface area (Å²) in [6.07, 6.45) is 0. The number of amides is 1. The van der Waals surface area contributed by atoms with Gasteiger partial charge in [-0.3, -0.25) is 4.79 Å². The number of hydrogen-bond donors (Lipinski definition) is 3. The number of benzene rings is 1. The molecule has 0 saturated heterocycles. The lowest BCUT2D eigenvalue weighted by Crippen LogP contribution is -2.36. The number of hydrogen-bond acceptors (Lipinski definition) is 6. The molecule has 0 aliphatic carbocycles. The standard InChI is InChI=1S/C12H16N2O6S/c1-3-13-11(16)7-14-21(18,19)8-4-5-10(15)9(6-8)12(17)20-2/h4-6,14-15H,3,7H2,1-2H3,(H,13,16). The molecule has 0 fully saturated rings. The van der Waals surface area contributed by atoms with Gasteiger partial charge in [0.15, 0.2) is 0 Å². The second-order valence-corrected chi connectivity index (χ2v) is 5.72. The van der Waals surface area contributed by atoms with Crippen LogP contribution in [0.4, 0.5) is 0 Å². The van der Waals surface area contributed by atoms with E-state index in [9.17, 15) is 23.1 Å². The van der Waals surface area contributed by atoms with Crippen molar-refractivity contribution in [2.45, 2.75) is 11.8 Å². The molecule has 8 nitrogen and oxygen atoms in total. The highest BCUT2D eigenvalue weighted by Crippen LogP contribution is 2.21. The van der Waals surface area contributed by atoms with Crippen LogP contribution in [0.2, 0.25) is 0 Å². The maximum atomic E-state index is 12.0. The summed E-state index contributed by atoms with van der Waals surface area (Å²) in [5.41, 5.74) is -0.279. The number of ether oxygens (including phenoxy) is 1. The highest BCUT2D eigenvalue weighted by atomic mass is 32.2. The Hall–Kier alpha value is -2.13. The number of carbonyl (C=O) groups excluding carboxylic acids is 2. The van der Waals surface area contributed by atoms with E-state index in [0.29, 0.717) is 6.54 Å². The average molecular weight is 316 g/mol. The van der Waals surface area contributed by atoms with Crippen molar-refractivity contribution in [2.75, 3.05) is 20.2 Å². The van der Waals surface area contributed by atoms with Crippen LogP contribution >= 0.6 is 0 Å². The first-order valence-corrected chi connectivity index (χ1v) is 7.47. The third kappa shape index (κ3) is 4.43. The highest BCUT2D eigenvalue weighted by Gasteiger charge is 2.20. The van der Waals surface area contributed by atoms with Crippen LogP contribution in [0.3, 0.4) is 0 Å². The summed E-state index contributed by atoms with van der Waals surface area (Å²) in [5.74, 6) is -1.74. The SMILES string of the molecule is CCNC(=O)CNS(=O)(=O)c1ccc(O)c(C(=O)OC)c1. The average Bonchev–Trinajstić information content (AvgIpc) is 2.45. The summed E-state index contributed by atoms with van der Waals surface area (Å²) in [6.45, 7) is 1.66. The van der Waals surface area contributed by atoms with Crippen molar-refractivity contribution < 1.29 is 27.9 Å². The summed E-state index contributed by atoms with van der Waals surface area (Å²) in [4.78, 5) is 22.4. The van der Waals surface area contributed by atoms with E-state index in [1.165, 1.54) is 0 Å². The van der Waals surface area contributed by atoms with Crippen LogP contribution < -0.4 is 10.0 Å². The predicted molar refractivity (Wildman–Crippen MR) is 73.3 cm³/mol. The smallest absolute Gasteiger partial charge is 0.341 e. The molecule has 0 unspecified atom stereocenters. The summed E-state index contributed by atoms with van der Waals surface area (Å²) >= 11 is 0. The van der Waals surface area contributed by atoms with Crippen LogP contribution in [-0.2, 0) is 19.6 Å². The monoisotopic (exact) mass is 316 g/mol. The summed E-state index contributed by atoms with van der Waals surface area (Å²) in [6, 6.07) is 3.15. The topological polar surface area (TPSA) is 122 Å². The molecule has 0 aromatic heterocycles. The van der Waals surface area contributed by atoms with Gasteiger partial charge in [-0.05, 0) is 25.1 Å². The molecule has 0 aliphatic rings. The normalized spacial score (nSPS) is 11.0. The lowest BCUT2D eigenvalue weighted by molar-refractivity contribution is -0.119. The van der Waals surface area contributed by atoms with Gasteiger partial charge in [-0.25, -0.2) is 17.9 Å². The van der Waals surface area contributed by atoms with Crippen molar-refractivity contribution in [3.05, 3.63) is 23.8 Å². The molecule has 0 aliphatic heterocycles. The largest absolute Gasteiger partial charge is 0.507 e. The Morgan fingerprint density at radius 2 is 2.00 bits per heavy atom. The van der Waals surface area contributed by atoms with Crippen molar-refractivity contribution >= 4 is 21.9 Å². The minimum absolute atomic E-state index is 0.259. The third-order valence-corrected chi connectivity index (χ3v) is 3.88. The second-order valence-electron chi connectivity index (χ2n) is 3.95. The lowest BCUT2D eigenvalue weighted by atomic mass is 10.2. The van der Waals surface area contributed by atoms with Crippen LogP contribution in [-0.4, -0.2) is 45.6 Å². The fourth-order valence-corrected chi connectivity index (χ4v) is 2.47. The lowest BCUT2D eigenvalue weighted by Gasteiger charge is -2.09. The van der Waals surface area contributed by atoms with Gasteiger partial charge >= 0.3 is 5.97 Å². The Bertz CT molecular complexity index is 641. The molecule has 0 radical (unpaired) electrons. The minimum atomic E-state index is -3.98. The number of likely N-dealkylation sites (N-methyl/N-ethyl adjacent to an activating group) is 1. The summed E-state index contributed by atoms with van der Waals surface area (Å²) in [5, 5.41) is 11.9. The molecule has 0 heterocycles. The van der Waals surface area contributed by atoms with Gasteiger partial charge in [-0.2, -0.15) is 0 Å². The number of rotatable bonds is 6. The second kappa shape index (κ2) is 7.04. The number of sulfonamides is 1. The molecule has 0 spiro atoms. The maximum absolute atomic E-state index is 12.0. The molecule has 0 bridgehead atoms. The van der Waals surface area contributed by atoms with Crippen LogP contribution in [0.25, 0.3) is 0 Å². The Labute approximate surface area is 122 Å². The van der Waals surface area contributed by atoms with Gasteiger partial charge in [0.1, 0.15) is 11.3 Å². The van der Waals surface area contributed by atoms with Gasteiger partial charge in [-0.1, -0.05) is 0 Å². The van der Waals surface area contributed by atoms with Crippen LogP contribution in [0, 0.1) is 0 Å². The minimum Gasteiger partial charge on any atom is -0.507 e. The Balaban J connectivity index is 2.98. The fraction of sp³-hybridized carbons (Fsp3) is 0.333. The van der Waals surface area contributed by atoms with E-state index in [-0.39, 0.29) is 10.5 Å². The fourth-order valence-electron chi connectivity index (χ4n) is 1.46. The third-order valence-electron chi connectivity index (χ3n) is 2.48. The molecule has 21 heavy (non-hydrogen) atoms. The number of phenolic OH excluding ortho intramolecular Hbond substituents is 1. The number of methoxy groups -OCH3 is 1. The number of carbonyl (C=O) groups is 2. The number of phenols is 1. The van der Waals surface area contributed by atoms with E-state index in [2.05, 4.69) is 14.8 Å². The molecule has 116 valence electrons. The first-order chi connectivity index (χ1) is 9.81. The predicted octanol–water partition coefficient (Wildman–Crippen LogP) is -0.407. The molecular formula is C12H16N2O6S. The van der Waals surface area contributed by atoms with Crippen molar-refractivity contribution in [3.63, 3.8) is 0 Å². The van der Waals surface area contributed by atoms with Gasteiger partial charge in [0.2, 0.25) is 15.9 Å². The Kier molecular flexibility index (Phi) is 5.68. The molecule has 0 saturated carbocycles. The number of aromatic hydroxyl groups is 1. The van der Waals surface area contributed by atoms with E-state index in [1.54, 1.807) is 6.92 Å². The summed E-state index contributed by atoms with van der Waals surface area (Å²) < 4.78 is 30.5. The van der Waals surface area contributed by atoms with Crippen molar-refractivity contribution in [1.29, 1.82) is 0 Å². The van der Waals surface area contributed by atoms with Crippen LogP contribution in [0.1, 0.15) is 17.3 Å². The molecule has 1 aromatic carbocycles. The van der Waals surface area contributed by atoms with Gasteiger partial charge in [0.25, 0.3) is 0 Å². The van der Waals surface area contributed by atoms with E-state index in [0.717, 1.165) is 25.3 Å². The molecule has 1 aromatic rings. The number of nitrogens with one attached hydrogen (secondary N) is 2. The molecule has 3 N–H and O–H groups in total. The van der Waals surface area contributed by atoms with E-state index in [4.69, 9.17) is 0 Å². The van der Waals surface area contributed by atoms with E-state index in [1.807, 2.05) is 0 Å². The van der Waals surface area contributed by atoms with Crippen molar-refractivity contribution in [2.24, 2.45) is 0 Å². The summed E-state index contributed by atoms with van der Waals surface area (Å²) in [7, 11) is -2.88. The van der Waals surface area contributed by atoms with Gasteiger partial charge in [0, 0.05) is 6.54 Å². The van der Waals surface area contributed by atoms with Crippen molar-refractivity contribution in [3.8, 4) is 5.75 Å². The van der Waals surface area contributed by atoms with Crippen LogP contribution in [0.15, 0.2) is 23.1 Å². The van der Waals surface area contributed by atoms with Crippen LogP contribution in [0.5, 0.6) is 5.75 Å².